The van der Waals surface area contributed by atoms with Crippen LogP contribution >= 0.6 is 94.2 Å². The average molecular weight is 1250 g/mol. The molecule has 2 aromatic heterocycles. The minimum Gasteiger partial charge on any atom is -0.480 e. The van der Waals surface area contributed by atoms with Crippen LogP contribution in [0, 0.1) is 0 Å². The number of aromatic nitrogens is 2. The molecule has 5 N–H and O–H groups in total. The summed E-state index contributed by atoms with van der Waals surface area (Å²) in [5.41, 5.74) is -0.199. The van der Waals surface area contributed by atoms with E-state index in [-0.39, 0.29) is 39.8 Å². The van der Waals surface area contributed by atoms with Gasteiger partial charge in [0.15, 0.2) is 23.5 Å². The zero-order valence-electron chi connectivity index (χ0n) is 36.8. The van der Waals surface area contributed by atoms with Crippen LogP contribution in [-0.2, 0) is 67.3 Å². The molecule has 2 aromatic carbocycles. The number of benzene rings is 2. The van der Waals surface area contributed by atoms with Gasteiger partial charge >= 0.3 is 5.97 Å². The lowest BCUT2D eigenvalue weighted by molar-refractivity contribution is -0.140. The van der Waals surface area contributed by atoms with Gasteiger partial charge < -0.3 is 14.9 Å². The van der Waals surface area contributed by atoms with E-state index in [1.807, 2.05) is 6.07 Å². The number of carboxylic acids is 1. The number of amides is 2. The maximum absolute atomic E-state index is 13.1. The predicted molar refractivity (Wildman–Crippen MR) is 290 cm³/mol. The number of carbonyl (C=O) groups is 3. The van der Waals surface area contributed by atoms with Gasteiger partial charge in [-0.15, -0.1) is 22.7 Å². The summed E-state index contributed by atoms with van der Waals surface area (Å²) < 4.78 is 132. The summed E-state index contributed by atoms with van der Waals surface area (Å²) >= 11 is 15.8. The first-order chi connectivity index (χ1) is 34.4. The molecule has 74 heavy (non-hydrogen) atoms. The molecule has 4 aromatic rings. The van der Waals surface area contributed by atoms with Crippen LogP contribution in [0.3, 0.4) is 0 Å². The van der Waals surface area contributed by atoms with Crippen LogP contribution in [0.4, 0.5) is 11.4 Å². The number of hydrogen-bond acceptors (Lipinski definition) is 23. The fourth-order valence-electron chi connectivity index (χ4n) is 6.81. The molecule has 36 heteroatoms. The number of thiocarbonyl (C=S) groups is 2. The molecule has 0 spiro atoms. The van der Waals surface area contributed by atoms with Crippen LogP contribution in [0.2, 0.25) is 0 Å². The number of hydrogen-bond donors (Lipinski definition) is 5. The number of fused-ring (bicyclic) bond motifs is 2. The first-order valence-electron chi connectivity index (χ1n) is 19.9. The number of thiazole rings is 2. The lowest BCUT2D eigenvalue weighted by Gasteiger charge is -2.17. The minimum atomic E-state index is -4.79. The molecule has 2 fully saturated rings. The molecule has 8 rings (SSSR count). The van der Waals surface area contributed by atoms with Gasteiger partial charge in [-0.2, -0.15) is 33.7 Å². The number of carboxylic acid groups (broad SMARTS) is 1. The summed E-state index contributed by atoms with van der Waals surface area (Å²) in [5.74, 6) is -6.63. The van der Waals surface area contributed by atoms with Gasteiger partial charge in [0.1, 0.15) is 34.3 Å². The van der Waals surface area contributed by atoms with Gasteiger partial charge in [-0.1, -0.05) is 95.7 Å². The lowest BCUT2D eigenvalue weighted by atomic mass is 10.3. The Balaban J connectivity index is 0.000000217. The molecule has 0 aliphatic carbocycles. The molecule has 0 unspecified atom stereocenters. The number of aliphatic carboxylic acids is 1. The average Bonchev–Trinajstić information content (AvgIpc) is 4.10. The molecule has 0 atom stereocenters. The molecule has 2 amide bonds. The molecule has 0 bridgehead atoms. The number of allylic oxidation sites excluding steroid dienone is 2. The largest absolute Gasteiger partial charge is 0.480 e. The third-order valence-corrected chi connectivity index (χ3v) is 19.7. The Morgan fingerprint density at radius 2 is 0.919 bits per heavy atom. The van der Waals surface area contributed by atoms with E-state index in [1.54, 1.807) is 55.5 Å². The number of para-hydroxylation sites is 2. The molecule has 0 saturated carbocycles. The van der Waals surface area contributed by atoms with Gasteiger partial charge in [-0.25, -0.2) is 0 Å². The fraction of sp³-hybridized carbons (Fsp3) is 0.184. The van der Waals surface area contributed by atoms with Crippen molar-refractivity contribution in [3.8, 4) is 0 Å². The highest BCUT2D eigenvalue weighted by Gasteiger charge is 2.38. The topological polar surface area (TPSA) is 346 Å². The highest BCUT2D eigenvalue weighted by atomic mass is 32.2. The third-order valence-electron chi connectivity index (χ3n) is 9.71. The zero-order chi connectivity index (χ0) is 54.4. The molecular formula is C38H32N6O18S12. The SMILES string of the molecule is CCn1c(=O)/c(=C/C=C2/Sc3ccccc3N2CS(=O)(=O)O)s/c1=C1\SC(=S)N(CC(=O)O)C1=O.O=C1/C(=c2/s/c(=C\C=C3\Sc4ccccc4N3CS(=O)(=O)O)c(=O)n2CS(=O)(=O)O)SC(=S)N1CS(=O)(=O)O. The molecule has 0 radical (unpaired) electrons. The second-order valence-corrected chi connectivity index (χ2v) is 28.1. The van der Waals surface area contributed by atoms with Crippen LogP contribution in [0.25, 0.3) is 22.0 Å². The maximum Gasteiger partial charge on any atom is 0.323 e. The summed E-state index contributed by atoms with van der Waals surface area (Å²) in [5, 5.41) is 9.84. The number of anilines is 2. The molecule has 4 aliphatic heterocycles. The van der Waals surface area contributed by atoms with E-state index in [0.717, 1.165) is 44.7 Å². The Morgan fingerprint density at radius 1 is 0.541 bits per heavy atom. The first kappa shape index (κ1) is 57.2. The van der Waals surface area contributed by atoms with Crippen LogP contribution in [0.15, 0.2) is 90.1 Å². The van der Waals surface area contributed by atoms with Gasteiger partial charge in [0.25, 0.3) is 63.4 Å². The van der Waals surface area contributed by atoms with Crippen molar-refractivity contribution in [2.75, 3.05) is 34.0 Å². The monoisotopic (exact) mass is 1240 g/mol. The van der Waals surface area contributed by atoms with Gasteiger partial charge in [0.05, 0.1) is 30.5 Å². The second-order valence-electron chi connectivity index (χ2n) is 14.9. The van der Waals surface area contributed by atoms with Crippen LogP contribution < -0.4 is 39.3 Å². The van der Waals surface area contributed by atoms with Crippen molar-refractivity contribution in [3.63, 3.8) is 0 Å². The Morgan fingerprint density at radius 3 is 1.34 bits per heavy atom. The number of nitrogens with zero attached hydrogens (tertiary/aromatic N) is 6. The summed E-state index contributed by atoms with van der Waals surface area (Å²) in [4.78, 5) is 68.5. The quantitative estimate of drug-likeness (QED) is 0.0909. The number of rotatable bonds is 13. The van der Waals surface area contributed by atoms with E-state index >= 15 is 0 Å². The van der Waals surface area contributed by atoms with Gasteiger partial charge in [-0.3, -0.25) is 61.1 Å². The van der Waals surface area contributed by atoms with Crippen molar-refractivity contribution in [1.82, 2.24) is 18.9 Å². The summed E-state index contributed by atoms with van der Waals surface area (Å²) in [6, 6.07) is 13.8. The summed E-state index contributed by atoms with van der Waals surface area (Å²) in [6.07, 6.45) is 5.71. The number of carbonyl (C=O) groups excluding carboxylic acids is 2. The van der Waals surface area contributed by atoms with Crippen LogP contribution in [0.5, 0.6) is 0 Å². The van der Waals surface area contributed by atoms with Crippen LogP contribution in [0.1, 0.15) is 6.92 Å². The zero-order valence-corrected chi connectivity index (χ0v) is 46.6. The first-order valence-corrected chi connectivity index (χ1v) is 32.1. The highest BCUT2D eigenvalue weighted by molar-refractivity contribution is 8.30. The van der Waals surface area contributed by atoms with E-state index in [4.69, 9.17) is 34.1 Å². The standard InChI is InChI=1S/C20H17N3O7S5.C18H15N3O11S7/c1-2-21-17(26)13(33-19(21)16-18(27)22(9-15(24)25)20(31)34-16)7-8-14-23(10-35(28,29)30)11-5-3-4-6-12(11)32-14;22-15-12(5-6-13-19(7-37(24,25)26)10-3-1-2-4-11(10)34-13)35-17(20(15)8-38(27,28)29)14-16(23)21(18(33)36-14)9-39(30,31)32/h3-8H,2,9-10H2,1H3,(H,24,25)(H,28,29,30);1-6H,7-9H2,(H,24,25,26)(H,27,28,29)(H,30,31,32)/b13-7-,14-8+,19-16-;12-5-,13-6+,17-14-. The van der Waals surface area contributed by atoms with E-state index in [1.165, 1.54) is 44.4 Å². The molecule has 394 valence electrons. The third kappa shape index (κ3) is 13.4. The number of thioether (sulfide) groups is 4. The van der Waals surface area contributed by atoms with Crippen molar-refractivity contribution in [1.29, 1.82) is 0 Å². The van der Waals surface area contributed by atoms with E-state index in [9.17, 15) is 71.3 Å². The van der Waals surface area contributed by atoms with Crippen molar-refractivity contribution in [2.45, 2.75) is 29.1 Å². The smallest absolute Gasteiger partial charge is 0.323 e. The summed E-state index contributed by atoms with van der Waals surface area (Å²) in [7, 11) is -18.2. The van der Waals surface area contributed by atoms with Crippen molar-refractivity contribution < 1.29 is 71.4 Å². The Kier molecular flexibility index (Phi) is 17.2. The predicted octanol–water partition coefficient (Wildman–Crippen LogP) is 0.711. The Bertz CT molecular complexity index is 4030. The molecule has 6 heterocycles. The van der Waals surface area contributed by atoms with E-state index in [0.29, 0.717) is 68.1 Å². The molecule has 4 aliphatic rings. The maximum atomic E-state index is 13.1. The lowest BCUT2D eigenvalue weighted by Crippen LogP contribution is -2.36. The van der Waals surface area contributed by atoms with E-state index < -0.39 is 93.9 Å². The normalized spacial score (nSPS) is 19.4. The Hall–Kier alpha value is -4.51. The van der Waals surface area contributed by atoms with Gasteiger partial charge in [-0.05, 0) is 55.5 Å². The van der Waals surface area contributed by atoms with Crippen molar-refractivity contribution in [2.24, 2.45) is 0 Å². The van der Waals surface area contributed by atoms with Crippen molar-refractivity contribution >= 4 is 194 Å². The Labute approximate surface area is 453 Å². The van der Waals surface area contributed by atoms with Crippen molar-refractivity contribution in [3.05, 3.63) is 110 Å². The minimum absolute atomic E-state index is 0.101. The molecule has 2 saturated heterocycles. The highest BCUT2D eigenvalue weighted by Crippen LogP contribution is 2.47. The fourth-order valence-corrected chi connectivity index (χ4v) is 16.7. The van der Waals surface area contributed by atoms with Gasteiger partial charge in [0, 0.05) is 16.3 Å². The summed E-state index contributed by atoms with van der Waals surface area (Å²) in [6.45, 7) is 1.45. The van der Waals surface area contributed by atoms with E-state index in [2.05, 4.69) is 0 Å². The second kappa shape index (κ2) is 22.2. The molecular weight excluding hydrogens is 1210 g/mol. The van der Waals surface area contributed by atoms with Crippen LogP contribution in [-0.4, -0.2) is 127 Å². The van der Waals surface area contributed by atoms with Gasteiger partial charge in [0.2, 0.25) is 0 Å². The molecule has 24 nitrogen and oxygen atoms in total.